The molecule has 0 aliphatic heterocycles. The van der Waals surface area contributed by atoms with Gasteiger partial charge in [-0.25, -0.2) is 0 Å². The molecular weight excluding hydrogens is 258 g/mol. The third-order valence-electron chi connectivity index (χ3n) is 6.35. The van der Waals surface area contributed by atoms with Crippen molar-refractivity contribution in [2.24, 2.45) is 29.6 Å². The minimum Gasteiger partial charge on any atom is -0.459 e. The van der Waals surface area contributed by atoms with Crippen molar-refractivity contribution in [2.75, 3.05) is 6.54 Å². The first-order valence-electron chi connectivity index (χ1n) is 8.58. The molecule has 5 atom stereocenters. The number of hydrogen-bond donors (Lipinski definition) is 1. The summed E-state index contributed by atoms with van der Waals surface area (Å²) in [5.74, 6) is 6.02. The predicted molar refractivity (Wildman–Crippen MR) is 83.9 cm³/mol. The Hall–Kier alpha value is -1.28. The number of nitrogens with one attached hydrogen (secondary N) is 1. The fraction of sp³-hybridized carbons (Fsp3) is 0.579. The van der Waals surface area contributed by atoms with Crippen LogP contribution in [0.25, 0.3) is 11.0 Å². The van der Waals surface area contributed by atoms with Crippen molar-refractivity contribution in [1.29, 1.82) is 0 Å². The van der Waals surface area contributed by atoms with Gasteiger partial charge in [-0.15, -0.1) is 0 Å². The Morgan fingerprint density at radius 1 is 1.19 bits per heavy atom. The van der Waals surface area contributed by atoms with Crippen LogP contribution in [0.15, 0.2) is 34.7 Å². The quantitative estimate of drug-likeness (QED) is 0.900. The maximum absolute atomic E-state index is 6.18. The van der Waals surface area contributed by atoms with Crippen molar-refractivity contribution in [3.63, 3.8) is 0 Å². The molecule has 110 valence electrons. The Bertz CT molecular complexity index is 626. The van der Waals surface area contributed by atoms with Gasteiger partial charge in [0.05, 0.1) is 6.04 Å². The lowest BCUT2D eigenvalue weighted by molar-refractivity contribution is 0.335. The maximum Gasteiger partial charge on any atom is 0.134 e. The van der Waals surface area contributed by atoms with Crippen LogP contribution in [-0.4, -0.2) is 6.54 Å². The lowest BCUT2D eigenvalue weighted by atomic mass is 9.96. The van der Waals surface area contributed by atoms with E-state index in [4.69, 9.17) is 4.42 Å². The van der Waals surface area contributed by atoms with Crippen molar-refractivity contribution in [1.82, 2.24) is 5.32 Å². The third-order valence-corrected chi connectivity index (χ3v) is 6.35. The molecule has 3 aliphatic rings. The zero-order chi connectivity index (χ0) is 14.0. The summed E-state index contributed by atoms with van der Waals surface area (Å²) in [5, 5.41) is 4.97. The summed E-state index contributed by atoms with van der Waals surface area (Å²) in [7, 11) is 0. The highest BCUT2D eigenvalue weighted by atomic mass is 16.3. The molecule has 1 aromatic heterocycles. The minimum atomic E-state index is 0.431. The second-order valence-corrected chi connectivity index (χ2v) is 7.29. The van der Waals surface area contributed by atoms with Gasteiger partial charge in [-0.05, 0) is 67.5 Å². The summed E-state index contributed by atoms with van der Waals surface area (Å²) in [5.41, 5.74) is 1.03. The van der Waals surface area contributed by atoms with Crippen LogP contribution in [0.5, 0.6) is 0 Å². The summed E-state index contributed by atoms with van der Waals surface area (Å²) in [6.07, 6.45) is 4.49. The number of benzene rings is 1. The number of para-hydroxylation sites is 1. The third kappa shape index (κ3) is 1.69. The molecule has 0 spiro atoms. The smallest absolute Gasteiger partial charge is 0.134 e. The van der Waals surface area contributed by atoms with E-state index in [1.165, 1.54) is 24.6 Å². The lowest BCUT2D eigenvalue weighted by Crippen LogP contribution is -2.25. The van der Waals surface area contributed by atoms with Crippen LogP contribution in [0.3, 0.4) is 0 Å². The van der Waals surface area contributed by atoms with Gasteiger partial charge >= 0.3 is 0 Å². The second-order valence-electron chi connectivity index (χ2n) is 7.29. The van der Waals surface area contributed by atoms with Gasteiger partial charge in [0.25, 0.3) is 0 Å². The van der Waals surface area contributed by atoms with Gasteiger partial charge < -0.3 is 9.73 Å². The van der Waals surface area contributed by atoms with Crippen molar-refractivity contribution >= 4 is 11.0 Å². The van der Waals surface area contributed by atoms with Crippen molar-refractivity contribution in [2.45, 2.75) is 32.2 Å². The first kappa shape index (κ1) is 12.3. The largest absolute Gasteiger partial charge is 0.459 e. The Morgan fingerprint density at radius 2 is 1.95 bits per heavy atom. The van der Waals surface area contributed by atoms with Gasteiger partial charge in [-0.3, -0.25) is 0 Å². The van der Waals surface area contributed by atoms with E-state index in [0.717, 1.165) is 47.5 Å². The second kappa shape index (κ2) is 4.36. The highest BCUT2D eigenvalue weighted by molar-refractivity contribution is 5.77. The first-order valence-corrected chi connectivity index (χ1v) is 8.58. The molecule has 2 nitrogen and oxygen atoms in total. The van der Waals surface area contributed by atoms with Crippen LogP contribution < -0.4 is 5.32 Å². The van der Waals surface area contributed by atoms with Crippen LogP contribution in [0.1, 0.15) is 38.0 Å². The first-order chi connectivity index (χ1) is 10.4. The molecule has 3 saturated carbocycles. The van der Waals surface area contributed by atoms with Crippen LogP contribution in [0.4, 0.5) is 0 Å². The molecule has 3 aliphatic carbocycles. The van der Waals surface area contributed by atoms with Gasteiger partial charge in [0.1, 0.15) is 11.3 Å². The molecule has 1 aromatic carbocycles. The summed E-state index contributed by atoms with van der Waals surface area (Å²) in [6.45, 7) is 3.23. The Balaban J connectivity index is 1.49. The predicted octanol–water partition coefficient (Wildman–Crippen LogP) is 4.38. The number of furan rings is 1. The SMILES string of the molecule is CCNC(c1cc2ccccc2o1)C1C2C3CCC(C3)C21. The van der Waals surface area contributed by atoms with Crippen molar-refractivity contribution < 1.29 is 4.42 Å². The normalized spacial score (nSPS) is 37.9. The van der Waals surface area contributed by atoms with E-state index >= 15 is 0 Å². The fourth-order valence-electron chi connectivity index (χ4n) is 5.64. The van der Waals surface area contributed by atoms with E-state index in [1.807, 2.05) is 0 Å². The monoisotopic (exact) mass is 281 g/mol. The molecule has 2 aromatic rings. The average Bonchev–Trinajstić information content (AvgIpc) is 2.86. The van der Waals surface area contributed by atoms with E-state index < -0.39 is 0 Å². The van der Waals surface area contributed by atoms with Gasteiger partial charge in [0.15, 0.2) is 0 Å². The molecular formula is C19H23NO. The minimum absolute atomic E-state index is 0.431. The molecule has 5 rings (SSSR count). The standard InChI is InChI=1S/C19H23NO/c1-2-20-19(15-10-11-5-3-4-6-14(11)21-15)18-16-12-7-8-13(9-12)17(16)18/h3-6,10,12-13,16-20H,2,7-9H2,1H3. The van der Waals surface area contributed by atoms with Gasteiger partial charge in [-0.1, -0.05) is 25.1 Å². The zero-order valence-corrected chi connectivity index (χ0v) is 12.6. The molecule has 2 bridgehead atoms. The number of hydrogen-bond acceptors (Lipinski definition) is 2. The van der Waals surface area contributed by atoms with Gasteiger partial charge in [0, 0.05) is 5.39 Å². The maximum atomic E-state index is 6.18. The van der Waals surface area contributed by atoms with Crippen LogP contribution in [-0.2, 0) is 0 Å². The lowest BCUT2D eigenvalue weighted by Gasteiger charge is -2.19. The average molecular weight is 281 g/mol. The van der Waals surface area contributed by atoms with Crippen LogP contribution in [0, 0.1) is 29.6 Å². The summed E-state index contributed by atoms with van der Waals surface area (Å²) < 4.78 is 6.18. The Labute approximate surface area is 125 Å². The van der Waals surface area contributed by atoms with E-state index in [0.29, 0.717) is 6.04 Å². The van der Waals surface area contributed by atoms with Crippen molar-refractivity contribution in [3.8, 4) is 0 Å². The fourth-order valence-corrected chi connectivity index (χ4v) is 5.64. The van der Waals surface area contributed by atoms with Gasteiger partial charge in [-0.2, -0.15) is 0 Å². The number of rotatable bonds is 4. The molecule has 5 unspecified atom stereocenters. The summed E-state index contributed by atoms with van der Waals surface area (Å²) in [6, 6.07) is 11.1. The Kier molecular flexibility index (Phi) is 2.55. The van der Waals surface area contributed by atoms with Crippen molar-refractivity contribution in [3.05, 3.63) is 36.1 Å². The van der Waals surface area contributed by atoms with E-state index in [9.17, 15) is 0 Å². The van der Waals surface area contributed by atoms with Crippen LogP contribution in [0.2, 0.25) is 0 Å². The molecule has 1 N–H and O–H groups in total. The molecule has 2 heteroatoms. The summed E-state index contributed by atoms with van der Waals surface area (Å²) >= 11 is 0. The Morgan fingerprint density at radius 3 is 2.67 bits per heavy atom. The summed E-state index contributed by atoms with van der Waals surface area (Å²) in [4.78, 5) is 0. The van der Waals surface area contributed by atoms with E-state index in [-0.39, 0.29) is 0 Å². The van der Waals surface area contributed by atoms with E-state index in [2.05, 4.69) is 42.6 Å². The molecule has 1 heterocycles. The highest BCUT2D eigenvalue weighted by Crippen LogP contribution is 2.72. The van der Waals surface area contributed by atoms with Crippen LogP contribution >= 0.6 is 0 Å². The topological polar surface area (TPSA) is 25.2 Å². The molecule has 3 fully saturated rings. The molecule has 0 saturated heterocycles. The highest BCUT2D eigenvalue weighted by Gasteiger charge is 2.67. The number of fused-ring (bicyclic) bond motifs is 6. The zero-order valence-electron chi connectivity index (χ0n) is 12.6. The van der Waals surface area contributed by atoms with Gasteiger partial charge in [0.2, 0.25) is 0 Å². The molecule has 21 heavy (non-hydrogen) atoms. The van der Waals surface area contributed by atoms with E-state index in [1.54, 1.807) is 0 Å². The molecule has 0 radical (unpaired) electrons. The molecule has 0 amide bonds.